The number of pyridine rings is 3. The first-order valence-corrected chi connectivity index (χ1v) is 33.1. The molecule has 0 spiro atoms. The summed E-state index contributed by atoms with van der Waals surface area (Å²) in [6, 6.07) is 13.2. The number of morpholine rings is 2. The van der Waals surface area contributed by atoms with E-state index in [2.05, 4.69) is 86.3 Å². The molecule has 19 nitrogen and oxygen atoms in total. The van der Waals surface area contributed by atoms with E-state index in [4.69, 9.17) is 31.8 Å². The molecule has 8 fully saturated rings. The second kappa shape index (κ2) is 25.3. The minimum absolute atomic E-state index is 0.112. The van der Waals surface area contributed by atoms with Crippen molar-refractivity contribution in [2.75, 3.05) is 56.6 Å². The number of alkyl halides is 9. The fraction of sp³-hybridized carbons (Fsp3) is 0.597. The highest BCUT2D eigenvalue weighted by molar-refractivity contribution is 5.66. The lowest BCUT2D eigenvalue weighted by molar-refractivity contribution is -0.274. The zero-order chi connectivity index (χ0) is 67.5. The summed E-state index contributed by atoms with van der Waals surface area (Å²) in [5.74, 6) is 3.05. The Hall–Kier alpha value is -7.30. The average Bonchev–Trinajstić information content (AvgIpc) is 1.57. The van der Waals surface area contributed by atoms with Crippen LogP contribution in [-0.2, 0) is 21.8 Å². The SMILES string of the molecule is CC(C)n1nc(-c2cnc(N)c(C(F)(F)F)c2)cc1C1[C@H]2CC(N3CCO[C@@H](C)C3)C[C@@H]12.CC(C)n1nc(-c2cnc(N)c(C(F)(F)F)c2)cc1C1[C@H]2CC(n3cccn3)C[C@@H]12.CC(C)n1nc(-c2cnc(N)c(OC(F)(F)F)c2)cc1C1[C@H]2CC(N3CCO[C@@H](C)C3)C[C@@H]12. The maximum absolute atomic E-state index is 13.3. The van der Waals surface area contributed by atoms with E-state index in [-0.39, 0.29) is 36.2 Å². The Morgan fingerprint density at radius 3 is 1.18 bits per heavy atom. The van der Waals surface area contributed by atoms with Crippen LogP contribution in [0.1, 0.15) is 164 Å². The van der Waals surface area contributed by atoms with Gasteiger partial charge < -0.3 is 31.4 Å². The largest absolute Gasteiger partial charge is 0.573 e. The zero-order valence-corrected chi connectivity index (χ0v) is 54.4. The number of nitrogens with zero attached hydrogens (tertiary/aromatic N) is 13. The van der Waals surface area contributed by atoms with Gasteiger partial charge in [0.15, 0.2) is 11.6 Å². The summed E-state index contributed by atoms with van der Waals surface area (Å²) in [5.41, 5.74) is 20.8. The van der Waals surface area contributed by atoms with E-state index in [1.807, 2.05) is 63.0 Å². The van der Waals surface area contributed by atoms with Crippen molar-refractivity contribution >= 4 is 17.5 Å². The van der Waals surface area contributed by atoms with Crippen molar-refractivity contribution in [1.82, 2.24) is 63.9 Å². The van der Waals surface area contributed by atoms with Crippen molar-refractivity contribution in [3.63, 3.8) is 0 Å². The minimum atomic E-state index is -4.84. The molecule has 7 aromatic heterocycles. The van der Waals surface area contributed by atoms with Crippen LogP contribution in [-0.4, -0.2) is 134 Å². The monoisotopic (exact) mass is 1330 g/mol. The standard InChI is InChI=1S/C23H30F3N5O2.C23H30F3N5O.C21H23F3N6/c1-12(2)31-19(21-16-7-15(8-17(16)21)30-4-5-32-13(3)11-30)9-18(29-31)14-6-20(22(27)28-10-14)33-23(24,25)26;1-12(2)31-20(9-19(29-31)14-6-18(23(24,25)26)22(27)28-10-14)21-16-7-15(8-17(16)21)30-4-5-32-13(3)11-30;1-11(2)30-18(19-14-7-13(8-15(14)19)29-5-3-4-27-29)9-17(28-30)12-6-16(21(22,23)24)20(25)26-10-12/h6,9-10,12-13,15-17,21H,4-5,7-8,11H2,1-3H3,(H2,27,28);6,9-10,12-13,15-17,21H,4-5,7-8,11H2,1-3H3,(H2,27,28);3-6,9-11,13-15,19H,7-8H2,1-2H3,(H2,25,26)/t2*13-,15?,16-,17+,21?;13?,14-,15+,19?/m00./s1. The molecule has 7 aromatic rings. The summed E-state index contributed by atoms with van der Waals surface area (Å²) in [6.07, 6.45) is 1.46. The Morgan fingerprint density at radius 2 is 0.853 bits per heavy atom. The second-order valence-electron chi connectivity index (χ2n) is 28.2. The zero-order valence-electron chi connectivity index (χ0n) is 54.4. The molecule has 15 rings (SSSR count). The van der Waals surface area contributed by atoms with E-state index in [1.165, 1.54) is 50.3 Å². The van der Waals surface area contributed by atoms with Crippen LogP contribution in [0.25, 0.3) is 33.8 Å². The molecule has 2 saturated heterocycles. The number of hydrogen-bond acceptors (Lipinski definition) is 15. The molecular weight excluding hydrogens is 1250 g/mol. The molecule has 2 aliphatic heterocycles. The summed E-state index contributed by atoms with van der Waals surface area (Å²) in [6.45, 7) is 22.2. The van der Waals surface area contributed by atoms with Crippen molar-refractivity contribution in [3.8, 4) is 39.5 Å². The molecule has 0 bridgehead atoms. The highest BCUT2D eigenvalue weighted by Gasteiger charge is 2.61. The molecule has 95 heavy (non-hydrogen) atoms. The van der Waals surface area contributed by atoms with Crippen LogP contribution in [0.15, 0.2) is 73.4 Å². The molecule has 6 unspecified atom stereocenters. The van der Waals surface area contributed by atoms with Gasteiger partial charge in [-0.3, -0.25) is 28.5 Å². The van der Waals surface area contributed by atoms with Gasteiger partial charge in [-0.25, -0.2) is 15.0 Å². The molecule has 6 saturated carbocycles. The van der Waals surface area contributed by atoms with Gasteiger partial charge in [0, 0.05) is 139 Å². The summed E-state index contributed by atoms with van der Waals surface area (Å²) >= 11 is 0. The van der Waals surface area contributed by atoms with Crippen molar-refractivity contribution in [3.05, 3.63) is 102 Å². The van der Waals surface area contributed by atoms with Gasteiger partial charge in [-0.05, 0) is 172 Å². The van der Waals surface area contributed by atoms with Gasteiger partial charge >= 0.3 is 18.7 Å². The van der Waals surface area contributed by atoms with Gasteiger partial charge in [0.2, 0.25) is 0 Å². The van der Waals surface area contributed by atoms with Crippen molar-refractivity contribution in [2.24, 2.45) is 35.5 Å². The predicted molar refractivity (Wildman–Crippen MR) is 337 cm³/mol. The van der Waals surface area contributed by atoms with E-state index in [1.54, 1.807) is 6.20 Å². The third-order valence-electron chi connectivity index (χ3n) is 21.0. The van der Waals surface area contributed by atoms with Gasteiger partial charge in [-0.1, -0.05) is 0 Å². The number of aromatic nitrogens is 11. The molecule has 9 heterocycles. The quantitative estimate of drug-likeness (QED) is 0.0914. The third-order valence-corrected chi connectivity index (χ3v) is 21.0. The molecule has 0 radical (unpaired) electrons. The lowest BCUT2D eigenvalue weighted by atomic mass is 10.0. The summed E-state index contributed by atoms with van der Waals surface area (Å²) < 4.78 is 141. The van der Waals surface area contributed by atoms with Gasteiger partial charge in [-0.15, -0.1) is 13.2 Å². The Bertz CT molecular complexity index is 3840. The third kappa shape index (κ3) is 13.6. The van der Waals surface area contributed by atoms with Gasteiger partial charge in [0.05, 0.1) is 59.7 Å². The molecule has 0 amide bonds. The number of hydrogen-bond donors (Lipinski definition) is 3. The molecular formula is C67H83F9N16O3. The van der Waals surface area contributed by atoms with Gasteiger partial charge in [-0.2, -0.15) is 46.7 Å². The minimum Gasteiger partial charge on any atom is -0.402 e. The Balaban J connectivity index is 0.000000129. The van der Waals surface area contributed by atoms with Crippen LogP contribution < -0.4 is 21.9 Å². The molecule has 8 aliphatic rings. The fourth-order valence-corrected chi connectivity index (χ4v) is 16.5. The number of ether oxygens (including phenoxy) is 3. The first kappa shape index (κ1) is 66.3. The second-order valence-corrected chi connectivity index (χ2v) is 28.2. The van der Waals surface area contributed by atoms with Crippen LogP contribution in [0, 0.1) is 35.5 Å². The number of fused-ring (bicyclic) bond motifs is 3. The number of anilines is 3. The highest BCUT2D eigenvalue weighted by Crippen LogP contribution is 2.67. The summed E-state index contributed by atoms with van der Waals surface area (Å²) in [7, 11) is 0. The van der Waals surface area contributed by atoms with E-state index in [9.17, 15) is 39.5 Å². The Labute approximate surface area is 545 Å². The van der Waals surface area contributed by atoms with Crippen LogP contribution in [0.2, 0.25) is 0 Å². The fourth-order valence-electron chi connectivity index (χ4n) is 16.5. The molecule has 6 aliphatic carbocycles. The van der Waals surface area contributed by atoms with Crippen LogP contribution in [0.3, 0.4) is 0 Å². The first-order chi connectivity index (χ1) is 45.0. The number of halogens is 9. The lowest BCUT2D eigenvalue weighted by Gasteiger charge is -2.36. The molecule has 14 atom stereocenters. The molecule has 6 N–H and O–H groups in total. The van der Waals surface area contributed by atoms with Gasteiger partial charge in [0.25, 0.3) is 0 Å². The molecule has 28 heteroatoms. The molecule has 0 aromatic carbocycles. The maximum Gasteiger partial charge on any atom is 0.573 e. The van der Waals surface area contributed by atoms with Crippen molar-refractivity contribution in [1.29, 1.82) is 0 Å². The normalized spacial score (nSPS) is 28.8. The van der Waals surface area contributed by atoms with Crippen LogP contribution >= 0.6 is 0 Å². The highest BCUT2D eigenvalue weighted by atomic mass is 19.4. The lowest BCUT2D eigenvalue weighted by Crippen LogP contribution is -2.46. The maximum atomic E-state index is 13.3. The van der Waals surface area contributed by atoms with E-state index >= 15 is 0 Å². The molecule has 512 valence electrons. The smallest absolute Gasteiger partial charge is 0.402 e. The topological polar surface area (TPSA) is 222 Å². The number of rotatable bonds is 13. The Kier molecular flexibility index (Phi) is 17.7. The number of nitrogen functional groups attached to an aromatic ring is 3. The van der Waals surface area contributed by atoms with E-state index in [0.29, 0.717) is 105 Å². The van der Waals surface area contributed by atoms with Crippen molar-refractivity contribution in [2.45, 2.75) is 179 Å². The predicted octanol–water partition coefficient (Wildman–Crippen LogP) is 13.2. The Morgan fingerprint density at radius 1 is 0.495 bits per heavy atom. The summed E-state index contributed by atoms with van der Waals surface area (Å²) in [5, 5.41) is 18.4. The van der Waals surface area contributed by atoms with E-state index in [0.717, 1.165) is 81.4 Å². The van der Waals surface area contributed by atoms with E-state index < -0.39 is 47.2 Å². The van der Waals surface area contributed by atoms with Crippen molar-refractivity contribution < 1.29 is 53.7 Å². The van der Waals surface area contributed by atoms with Crippen LogP contribution in [0.4, 0.5) is 57.0 Å². The summed E-state index contributed by atoms with van der Waals surface area (Å²) in [4.78, 5) is 16.6. The van der Waals surface area contributed by atoms with Crippen LogP contribution in [0.5, 0.6) is 5.75 Å². The number of nitrogens with two attached hydrogens (primary N) is 3. The average molecular weight is 1330 g/mol. The van der Waals surface area contributed by atoms with Gasteiger partial charge in [0.1, 0.15) is 11.6 Å². The first-order valence-electron chi connectivity index (χ1n) is 33.1.